The monoisotopic (exact) mass is 234 g/mol. The number of hydrogen-bond donors (Lipinski definition) is 1. The van der Waals surface area contributed by atoms with Crippen molar-refractivity contribution in [1.29, 1.82) is 0 Å². The molecule has 2 heterocycles. The SMILES string of the molecule is OC12C=CC3(c4ccccc4)SC3C1S2. The lowest BCUT2D eigenvalue weighted by Crippen LogP contribution is -2.25. The molecule has 76 valence electrons. The molecular weight excluding hydrogens is 224 g/mol. The second-order valence-corrected chi connectivity index (χ2v) is 7.14. The predicted octanol–water partition coefficient (Wildman–Crippen LogP) is 2.37. The Morgan fingerprint density at radius 1 is 1.00 bits per heavy atom. The van der Waals surface area contributed by atoms with E-state index >= 15 is 0 Å². The molecule has 2 aliphatic heterocycles. The summed E-state index contributed by atoms with van der Waals surface area (Å²) in [5.74, 6) is 0. The number of benzene rings is 1. The minimum Gasteiger partial charge on any atom is -0.375 e. The summed E-state index contributed by atoms with van der Waals surface area (Å²) in [6.45, 7) is 0. The van der Waals surface area contributed by atoms with Gasteiger partial charge < -0.3 is 5.11 Å². The minimum absolute atomic E-state index is 0.182. The summed E-state index contributed by atoms with van der Waals surface area (Å²) in [5.41, 5.74) is 1.38. The average molecular weight is 234 g/mol. The molecule has 0 radical (unpaired) electrons. The number of fused-ring (bicyclic) bond motifs is 3. The first-order valence-corrected chi connectivity index (χ1v) is 6.84. The van der Waals surface area contributed by atoms with Crippen LogP contribution in [0, 0.1) is 0 Å². The molecule has 2 saturated heterocycles. The van der Waals surface area contributed by atoms with Crippen LogP contribution in [0.25, 0.3) is 0 Å². The second kappa shape index (κ2) is 2.47. The van der Waals surface area contributed by atoms with E-state index < -0.39 is 4.93 Å². The van der Waals surface area contributed by atoms with Crippen molar-refractivity contribution >= 4 is 23.5 Å². The van der Waals surface area contributed by atoms with Gasteiger partial charge in [0.1, 0.15) is 4.93 Å². The van der Waals surface area contributed by atoms with Gasteiger partial charge in [-0.05, 0) is 11.6 Å². The van der Waals surface area contributed by atoms with E-state index in [4.69, 9.17) is 0 Å². The highest BCUT2D eigenvalue weighted by Crippen LogP contribution is 2.76. The van der Waals surface area contributed by atoms with Crippen LogP contribution in [0.1, 0.15) is 5.56 Å². The third-order valence-corrected chi connectivity index (χ3v) is 6.65. The maximum absolute atomic E-state index is 9.97. The van der Waals surface area contributed by atoms with Crippen LogP contribution in [0.3, 0.4) is 0 Å². The maximum atomic E-state index is 9.97. The highest BCUT2D eigenvalue weighted by atomic mass is 32.2. The lowest BCUT2D eigenvalue weighted by atomic mass is 9.88. The van der Waals surface area contributed by atoms with E-state index in [1.165, 1.54) is 5.56 Å². The summed E-state index contributed by atoms with van der Waals surface area (Å²) < 4.78 is 0.182. The van der Waals surface area contributed by atoms with E-state index in [0.717, 1.165) is 0 Å². The molecule has 1 aromatic carbocycles. The van der Waals surface area contributed by atoms with Crippen LogP contribution in [-0.2, 0) is 4.75 Å². The molecule has 1 aromatic rings. The van der Waals surface area contributed by atoms with Crippen LogP contribution in [0.15, 0.2) is 42.5 Å². The summed E-state index contributed by atoms with van der Waals surface area (Å²) in [7, 11) is 0. The molecule has 0 bridgehead atoms. The molecule has 3 heteroatoms. The predicted molar refractivity (Wildman–Crippen MR) is 65.0 cm³/mol. The number of aliphatic hydroxyl groups is 1. The van der Waals surface area contributed by atoms with E-state index in [2.05, 4.69) is 36.4 Å². The Labute approximate surface area is 97.0 Å². The van der Waals surface area contributed by atoms with E-state index in [9.17, 15) is 5.11 Å². The maximum Gasteiger partial charge on any atom is 0.142 e. The zero-order valence-corrected chi connectivity index (χ0v) is 9.59. The van der Waals surface area contributed by atoms with Crippen LogP contribution >= 0.6 is 23.5 Å². The van der Waals surface area contributed by atoms with Crippen LogP contribution in [0.4, 0.5) is 0 Å². The first-order valence-electron chi connectivity index (χ1n) is 5.09. The van der Waals surface area contributed by atoms with Gasteiger partial charge in [0.15, 0.2) is 0 Å². The Morgan fingerprint density at radius 3 is 2.60 bits per heavy atom. The molecule has 1 aliphatic carbocycles. The fraction of sp³-hybridized carbons (Fsp3) is 0.333. The summed E-state index contributed by atoms with van der Waals surface area (Å²) in [4.78, 5) is -0.521. The third-order valence-electron chi connectivity index (χ3n) is 3.42. The number of hydrogen-bond acceptors (Lipinski definition) is 3. The van der Waals surface area contributed by atoms with Gasteiger partial charge in [-0.15, -0.1) is 23.5 Å². The Morgan fingerprint density at radius 2 is 1.80 bits per heavy atom. The Kier molecular flexibility index (Phi) is 1.44. The summed E-state index contributed by atoms with van der Waals surface area (Å²) in [5, 5.41) is 11.0. The summed E-state index contributed by atoms with van der Waals surface area (Å²) in [6, 6.07) is 10.6. The van der Waals surface area contributed by atoms with Crippen molar-refractivity contribution in [2.45, 2.75) is 20.2 Å². The molecule has 2 fully saturated rings. The van der Waals surface area contributed by atoms with Crippen molar-refractivity contribution in [1.82, 2.24) is 0 Å². The molecule has 1 N–H and O–H groups in total. The topological polar surface area (TPSA) is 20.2 Å². The first kappa shape index (κ1) is 8.74. The quantitative estimate of drug-likeness (QED) is 0.595. The Hall–Kier alpha value is -0.380. The van der Waals surface area contributed by atoms with Crippen LogP contribution in [0.2, 0.25) is 0 Å². The van der Waals surface area contributed by atoms with E-state index in [1.807, 2.05) is 17.8 Å². The molecule has 4 rings (SSSR count). The lowest BCUT2D eigenvalue weighted by molar-refractivity contribution is 0.214. The number of rotatable bonds is 1. The minimum atomic E-state index is -0.521. The molecular formula is C12H10OS2. The van der Waals surface area contributed by atoms with Gasteiger partial charge in [-0.1, -0.05) is 36.4 Å². The fourth-order valence-corrected chi connectivity index (χ4v) is 5.45. The van der Waals surface area contributed by atoms with Crippen molar-refractivity contribution < 1.29 is 5.11 Å². The van der Waals surface area contributed by atoms with E-state index in [1.54, 1.807) is 11.8 Å². The molecule has 15 heavy (non-hydrogen) atoms. The molecule has 0 amide bonds. The number of thioether (sulfide) groups is 2. The van der Waals surface area contributed by atoms with Crippen molar-refractivity contribution in [2.75, 3.05) is 0 Å². The molecule has 1 nitrogen and oxygen atoms in total. The summed E-state index contributed by atoms with van der Waals surface area (Å²) in [6.07, 6.45) is 4.19. The lowest BCUT2D eigenvalue weighted by Gasteiger charge is -2.15. The average Bonchev–Trinajstić information content (AvgIpc) is 3.11. The standard InChI is InChI=1S/C12H10OS2/c13-12-7-6-11(8-4-2-1-3-5-8)9(14-11)10(12)15-12/h1-7,9-10,13H. The normalized spacial score (nSPS) is 49.4. The smallest absolute Gasteiger partial charge is 0.142 e. The van der Waals surface area contributed by atoms with E-state index in [0.29, 0.717) is 10.5 Å². The van der Waals surface area contributed by atoms with Gasteiger partial charge in [0.25, 0.3) is 0 Å². The zero-order valence-electron chi connectivity index (χ0n) is 7.96. The van der Waals surface area contributed by atoms with Gasteiger partial charge in [0, 0.05) is 5.25 Å². The summed E-state index contributed by atoms with van der Waals surface area (Å²) >= 11 is 3.67. The van der Waals surface area contributed by atoms with Gasteiger partial charge in [0.05, 0.1) is 10.00 Å². The van der Waals surface area contributed by atoms with Gasteiger partial charge >= 0.3 is 0 Å². The highest BCUT2D eigenvalue weighted by molar-refractivity contribution is 8.13. The Balaban J connectivity index is 1.79. The van der Waals surface area contributed by atoms with Gasteiger partial charge in [-0.2, -0.15) is 0 Å². The second-order valence-electron chi connectivity index (χ2n) is 4.32. The van der Waals surface area contributed by atoms with Crippen molar-refractivity contribution in [2.24, 2.45) is 0 Å². The molecule has 0 saturated carbocycles. The fourth-order valence-electron chi connectivity index (χ4n) is 2.45. The van der Waals surface area contributed by atoms with Gasteiger partial charge in [-0.25, -0.2) is 0 Å². The molecule has 4 atom stereocenters. The van der Waals surface area contributed by atoms with Crippen LogP contribution in [0.5, 0.6) is 0 Å². The van der Waals surface area contributed by atoms with Crippen molar-refractivity contribution in [3.8, 4) is 0 Å². The van der Waals surface area contributed by atoms with Crippen LogP contribution < -0.4 is 0 Å². The Bertz CT molecular complexity index is 458. The largest absolute Gasteiger partial charge is 0.375 e. The molecule has 0 spiro atoms. The van der Waals surface area contributed by atoms with Crippen molar-refractivity contribution in [3.63, 3.8) is 0 Å². The van der Waals surface area contributed by atoms with Gasteiger partial charge in [0.2, 0.25) is 0 Å². The van der Waals surface area contributed by atoms with Gasteiger partial charge in [-0.3, -0.25) is 0 Å². The molecule has 3 aliphatic rings. The van der Waals surface area contributed by atoms with E-state index in [-0.39, 0.29) is 4.75 Å². The molecule has 0 aromatic heterocycles. The van der Waals surface area contributed by atoms with Crippen molar-refractivity contribution in [3.05, 3.63) is 48.0 Å². The highest BCUT2D eigenvalue weighted by Gasteiger charge is 2.73. The van der Waals surface area contributed by atoms with Crippen LogP contribution in [-0.4, -0.2) is 20.5 Å². The first-order chi connectivity index (χ1) is 7.25. The molecule has 4 unspecified atom stereocenters. The zero-order chi connectivity index (χ0) is 10.1. The third kappa shape index (κ3) is 1.01.